The zero-order chi connectivity index (χ0) is 22.3. The molecule has 0 saturated carbocycles. The zero-order valence-electron chi connectivity index (χ0n) is 16.8. The Balaban J connectivity index is 1.59. The van der Waals surface area contributed by atoms with Gasteiger partial charge in [0.25, 0.3) is 5.91 Å². The van der Waals surface area contributed by atoms with E-state index >= 15 is 0 Å². The summed E-state index contributed by atoms with van der Waals surface area (Å²) in [7, 11) is 0. The number of amides is 1. The minimum absolute atomic E-state index is 0.0830. The summed E-state index contributed by atoms with van der Waals surface area (Å²) < 4.78 is 32.8. The molecule has 2 aliphatic rings. The molecule has 1 saturated heterocycles. The number of halogens is 3. The maximum absolute atomic E-state index is 15.0. The van der Waals surface area contributed by atoms with Crippen molar-refractivity contribution in [1.29, 1.82) is 0 Å². The normalized spacial score (nSPS) is 19.8. The average molecular weight is 474 g/mol. The molecule has 0 radical (unpaired) electrons. The number of benzene rings is 3. The van der Waals surface area contributed by atoms with Crippen molar-refractivity contribution in [2.75, 3.05) is 26.3 Å². The molecule has 2 aliphatic heterocycles. The first-order chi connectivity index (χ1) is 15.5. The van der Waals surface area contributed by atoms with Crippen LogP contribution in [0.2, 0.25) is 10.0 Å². The quantitative estimate of drug-likeness (QED) is 0.519. The third-order valence-electron chi connectivity index (χ3n) is 5.51. The third-order valence-corrected chi connectivity index (χ3v) is 6.06. The number of carbonyl (C=O) groups excluding carboxylic acids is 1. The predicted octanol–water partition coefficient (Wildman–Crippen LogP) is 5.28. The molecule has 1 fully saturated rings. The molecule has 3 aromatic rings. The van der Waals surface area contributed by atoms with Crippen LogP contribution >= 0.6 is 23.2 Å². The Morgan fingerprint density at radius 2 is 1.62 bits per heavy atom. The maximum atomic E-state index is 15.0. The molecular weight excluding hydrogens is 456 g/mol. The lowest BCUT2D eigenvalue weighted by Crippen LogP contribution is -2.41. The standard InChI is InChI=1S/C24H18Cl2FNO4/c25-16-6-7-18(19(26)12-16)24(15-4-2-1-3-5-15)31-21-13-17(20(27)14-22(21)32-24)23(29)28-8-10-30-11-9-28/h1-7,12-14H,8-11H2/t24-/m1/s1. The summed E-state index contributed by atoms with van der Waals surface area (Å²) in [6.45, 7) is 1.65. The van der Waals surface area contributed by atoms with Crippen molar-refractivity contribution >= 4 is 29.1 Å². The summed E-state index contributed by atoms with van der Waals surface area (Å²) >= 11 is 12.6. The molecule has 32 heavy (non-hydrogen) atoms. The summed E-state index contributed by atoms with van der Waals surface area (Å²) in [5, 5.41) is 0.793. The van der Waals surface area contributed by atoms with E-state index in [2.05, 4.69) is 0 Å². The monoisotopic (exact) mass is 473 g/mol. The van der Waals surface area contributed by atoms with Crippen molar-refractivity contribution in [2.45, 2.75) is 5.79 Å². The molecule has 0 bridgehead atoms. The van der Waals surface area contributed by atoms with E-state index in [1.807, 2.05) is 30.3 Å². The number of ether oxygens (including phenoxy) is 3. The molecule has 0 spiro atoms. The first-order valence-electron chi connectivity index (χ1n) is 10.1. The zero-order valence-corrected chi connectivity index (χ0v) is 18.3. The molecule has 0 unspecified atom stereocenters. The smallest absolute Gasteiger partial charge is 0.307 e. The van der Waals surface area contributed by atoms with Crippen LogP contribution in [0.1, 0.15) is 21.5 Å². The number of rotatable bonds is 3. The van der Waals surface area contributed by atoms with Gasteiger partial charge in [-0.15, -0.1) is 0 Å². The Hall–Kier alpha value is -2.80. The Labute approximate surface area is 194 Å². The van der Waals surface area contributed by atoms with Gasteiger partial charge in [-0.3, -0.25) is 4.79 Å². The predicted molar refractivity (Wildman–Crippen MR) is 118 cm³/mol. The van der Waals surface area contributed by atoms with E-state index in [4.69, 9.17) is 37.4 Å². The van der Waals surface area contributed by atoms with E-state index < -0.39 is 17.5 Å². The summed E-state index contributed by atoms with van der Waals surface area (Å²) in [4.78, 5) is 14.5. The van der Waals surface area contributed by atoms with Crippen LogP contribution in [-0.4, -0.2) is 37.1 Å². The van der Waals surface area contributed by atoms with E-state index in [0.29, 0.717) is 47.5 Å². The van der Waals surface area contributed by atoms with Crippen LogP contribution in [0, 0.1) is 5.82 Å². The molecule has 0 aromatic heterocycles. The van der Waals surface area contributed by atoms with Gasteiger partial charge in [-0.05, 0) is 24.3 Å². The number of fused-ring (bicyclic) bond motifs is 1. The number of nitrogens with zero attached hydrogens (tertiary/aromatic N) is 1. The van der Waals surface area contributed by atoms with Gasteiger partial charge in [0.1, 0.15) is 5.82 Å². The van der Waals surface area contributed by atoms with E-state index in [0.717, 1.165) is 0 Å². The van der Waals surface area contributed by atoms with Crippen molar-refractivity contribution in [3.05, 3.63) is 93.2 Å². The van der Waals surface area contributed by atoms with Crippen molar-refractivity contribution in [1.82, 2.24) is 4.90 Å². The van der Waals surface area contributed by atoms with Gasteiger partial charge in [0.15, 0.2) is 11.5 Å². The Bertz CT molecular complexity index is 1180. The molecule has 1 amide bonds. The molecule has 0 aliphatic carbocycles. The van der Waals surface area contributed by atoms with Crippen LogP contribution in [0.3, 0.4) is 0 Å². The molecule has 164 valence electrons. The number of hydrogen-bond donors (Lipinski definition) is 0. The lowest BCUT2D eigenvalue weighted by molar-refractivity contribution is -0.0458. The van der Waals surface area contributed by atoms with Crippen molar-refractivity contribution < 1.29 is 23.4 Å². The van der Waals surface area contributed by atoms with Gasteiger partial charge in [-0.25, -0.2) is 4.39 Å². The van der Waals surface area contributed by atoms with Gasteiger partial charge in [-0.1, -0.05) is 53.5 Å². The van der Waals surface area contributed by atoms with E-state index in [9.17, 15) is 9.18 Å². The van der Waals surface area contributed by atoms with Crippen molar-refractivity contribution in [2.24, 2.45) is 0 Å². The fraction of sp³-hybridized carbons (Fsp3) is 0.208. The van der Waals surface area contributed by atoms with Crippen LogP contribution < -0.4 is 9.47 Å². The summed E-state index contributed by atoms with van der Waals surface area (Å²) in [6.07, 6.45) is 0. The topological polar surface area (TPSA) is 48.0 Å². The van der Waals surface area contributed by atoms with Crippen molar-refractivity contribution in [3.8, 4) is 11.5 Å². The molecule has 2 heterocycles. The Morgan fingerprint density at radius 1 is 0.938 bits per heavy atom. The minimum Gasteiger partial charge on any atom is -0.440 e. The summed E-state index contributed by atoms with van der Waals surface area (Å²) in [5.74, 6) is -2.14. The third kappa shape index (κ3) is 3.58. The SMILES string of the molecule is O=C(c1cc2c(cc1F)O[C@](c1ccccc1)(c1ccc(Cl)cc1Cl)O2)N1CCOCC1. The van der Waals surface area contributed by atoms with Crippen LogP contribution in [0.25, 0.3) is 0 Å². The second-order valence-corrected chi connectivity index (χ2v) is 8.34. The van der Waals surface area contributed by atoms with Gasteiger partial charge in [0, 0.05) is 29.7 Å². The molecule has 5 nitrogen and oxygen atoms in total. The van der Waals surface area contributed by atoms with Gasteiger partial charge < -0.3 is 19.1 Å². The molecule has 8 heteroatoms. The van der Waals surface area contributed by atoms with Gasteiger partial charge in [0.2, 0.25) is 0 Å². The summed E-state index contributed by atoms with van der Waals surface area (Å²) in [5.41, 5.74) is 1.08. The molecular formula is C24H18Cl2FNO4. The summed E-state index contributed by atoms with van der Waals surface area (Å²) in [6, 6.07) is 16.7. The Kier molecular flexibility index (Phi) is 5.45. The highest BCUT2D eigenvalue weighted by Gasteiger charge is 2.47. The highest BCUT2D eigenvalue weighted by atomic mass is 35.5. The lowest BCUT2D eigenvalue weighted by Gasteiger charge is -2.29. The van der Waals surface area contributed by atoms with Crippen LogP contribution in [0.15, 0.2) is 60.7 Å². The van der Waals surface area contributed by atoms with E-state index in [-0.39, 0.29) is 17.1 Å². The van der Waals surface area contributed by atoms with Crippen LogP contribution in [0.5, 0.6) is 11.5 Å². The van der Waals surface area contributed by atoms with Gasteiger partial charge >= 0.3 is 5.79 Å². The highest BCUT2D eigenvalue weighted by molar-refractivity contribution is 6.35. The fourth-order valence-corrected chi connectivity index (χ4v) is 4.46. The second kappa shape index (κ2) is 8.28. The average Bonchev–Trinajstić information content (AvgIpc) is 3.18. The van der Waals surface area contributed by atoms with Crippen molar-refractivity contribution in [3.63, 3.8) is 0 Å². The van der Waals surface area contributed by atoms with E-state index in [1.54, 1.807) is 23.1 Å². The lowest BCUT2D eigenvalue weighted by atomic mass is 9.97. The second-order valence-electron chi connectivity index (χ2n) is 7.49. The van der Waals surface area contributed by atoms with Gasteiger partial charge in [-0.2, -0.15) is 0 Å². The number of carbonyl (C=O) groups is 1. The Morgan fingerprint density at radius 3 is 2.31 bits per heavy atom. The molecule has 3 aromatic carbocycles. The first-order valence-corrected chi connectivity index (χ1v) is 10.8. The molecule has 1 atom stereocenters. The molecule has 5 rings (SSSR count). The van der Waals surface area contributed by atoms with Crippen LogP contribution in [-0.2, 0) is 10.5 Å². The van der Waals surface area contributed by atoms with E-state index in [1.165, 1.54) is 12.1 Å². The largest absolute Gasteiger partial charge is 0.440 e. The van der Waals surface area contributed by atoms with Crippen LogP contribution in [0.4, 0.5) is 4.39 Å². The number of morpholine rings is 1. The highest BCUT2D eigenvalue weighted by Crippen LogP contribution is 2.50. The fourth-order valence-electron chi connectivity index (χ4n) is 3.92. The maximum Gasteiger partial charge on any atom is 0.307 e. The minimum atomic E-state index is -1.46. The van der Waals surface area contributed by atoms with Gasteiger partial charge in [0.05, 0.1) is 29.4 Å². The molecule has 0 N–H and O–H groups in total. The number of hydrogen-bond acceptors (Lipinski definition) is 4. The first kappa shape index (κ1) is 21.1.